The first kappa shape index (κ1) is 13.9. The lowest BCUT2D eigenvalue weighted by Crippen LogP contribution is -2.24. The third kappa shape index (κ3) is 3.96. The molecule has 0 bridgehead atoms. The van der Waals surface area contributed by atoms with Gasteiger partial charge in [-0.05, 0) is 24.5 Å². The first-order valence-corrected chi connectivity index (χ1v) is 6.82. The van der Waals surface area contributed by atoms with Crippen molar-refractivity contribution in [2.75, 3.05) is 25.5 Å². The van der Waals surface area contributed by atoms with Gasteiger partial charge in [0.15, 0.2) is 0 Å². The lowest BCUT2D eigenvalue weighted by atomic mass is 10.1. The molecule has 1 aromatic rings. The summed E-state index contributed by atoms with van der Waals surface area (Å²) in [4.78, 5) is 13.0. The van der Waals surface area contributed by atoms with E-state index in [0.717, 1.165) is 37.2 Å². The quantitative estimate of drug-likeness (QED) is 0.885. The number of rotatable bonds is 5. The van der Waals surface area contributed by atoms with Crippen molar-refractivity contribution in [1.29, 1.82) is 0 Å². The zero-order chi connectivity index (χ0) is 13.7. The Balaban J connectivity index is 1.96. The number of nitrogens with one attached hydrogen (secondary N) is 1. The topological polar surface area (TPSA) is 41.6 Å². The predicted molar refractivity (Wildman–Crippen MR) is 76.1 cm³/mol. The van der Waals surface area contributed by atoms with Crippen LogP contribution in [0.4, 0.5) is 5.69 Å². The van der Waals surface area contributed by atoms with Crippen LogP contribution in [-0.4, -0.2) is 37.1 Å². The number of carbonyl (C=O) groups is 1. The van der Waals surface area contributed by atoms with Crippen LogP contribution in [0, 0.1) is 0 Å². The Bertz CT molecular complexity index is 428. The lowest BCUT2D eigenvalue weighted by Gasteiger charge is -2.19. The fraction of sp³-hybridized carbons (Fsp3) is 0.533. The second-order valence-electron chi connectivity index (χ2n) is 5.05. The van der Waals surface area contributed by atoms with Gasteiger partial charge in [0.1, 0.15) is 0 Å². The van der Waals surface area contributed by atoms with E-state index >= 15 is 0 Å². The molecule has 4 nitrogen and oxygen atoms in total. The molecule has 1 saturated heterocycles. The van der Waals surface area contributed by atoms with Gasteiger partial charge in [0.05, 0.1) is 6.10 Å². The second kappa shape index (κ2) is 6.57. The highest BCUT2D eigenvalue weighted by Crippen LogP contribution is 2.19. The molecule has 1 atom stereocenters. The number of nitrogens with zero attached hydrogens (tertiary/aromatic N) is 1. The van der Waals surface area contributed by atoms with Crippen LogP contribution in [0.3, 0.4) is 0 Å². The van der Waals surface area contributed by atoms with Gasteiger partial charge in [0.25, 0.3) is 0 Å². The van der Waals surface area contributed by atoms with Gasteiger partial charge in [-0.15, -0.1) is 0 Å². The summed E-state index contributed by atoms with van der Waals surface area (Å²) in [6.45, 7) is 3.92. The van der Waals surface area contributed by atoms with Crippen LogP contribution >= 0.6 is 0 Å². The SMILES string of the molecule is CC(=O)N(C)Cc1ccccc1NCC1CCCO1. The first-order valence-electron chi connectivity index (χ1n) is 6.82. The van der Waals surface area contributed by atoms with Crippen molar-refractivity contribution in [3.8, 4) is 0 Å². The molecule has 19 heavy (non-hydrogen) atoms. The third-order valence-electron chi connectivity index (χ3n) is 3.51. The predicted octanol–water partition coefficient (Wildman–Crippen LogP) is 2.26. The minimum absolute atomic E-state index is 0.0777. The van der Waals surface area contributed by atoms with Gasteiger partial charge in [-0.3, -0.25) is 4.79 Å². The zero-order valence-electron chi connectivity index (χ0n) is 11.7. The average molecular weight is 262 g/mol. The molecular formula is C15H22N2O2. The minimum atomic E-state index is 0.0777. The number of benzene rings is 1. The molecule has 0 saturated carbocycles. The number of para-hydroxylation sites is 1. The maximum absolute atomic E-state index is 11.3. The summed E-state index contributed by atoms with van der Waals surface area (Å²) in [7, 11) is 1.82. The van der Waals surface area contributed by atoms with Crippen LogP contribution < -0.4 is 5.32 Å². The smallest absolute Gasteiger partial charge is 0.219 e. The molecule has 1 unspecified atom stereocenters. The maximum Gasteiger partial charge on any atom is 0.219 e. The third-order valence-corrected chi connectivity index (χ3v) is 3.51. The summed E-state index contributed by atoms with van der Waals surface area (Å²) < 4.78 is 5.61. The normalized spacial score (nSPS) is 18.3. The standard InChI is InChI=1S/C15H22N2O2/c1-12(18)17(2)11-13-6-3-4-8-15(13)16-10-14-7-5-9-19-14/h3-4,6,8,14,16H,5,7,9-11H2,1-2H3. The number of hydrogen-bond donors (Lipinski definition) is 1. The highest BCUT2D eigenvalue weighted by atomic mass is 16.5. The minimum Gasteiger partial charge on any atom is -0.382 e. The molecule has 1 aliphatic rings. The largest absolute Gasteiger partial charge is 0.382 e. The molecule has 1 N–H and O–H groups in total. The van der Waals surface area contributed by atoms with Crippen LogP contribution in [0.5, 0.6) is 0 Å². The van der Waals surface area contributed by atoms with Gasteiger partial charge in [0.2, 0.25) is 5.91 Å². The molecule has 0 aromatic heterocycles. The fourth-order valence-corrected chi connectivity index (χ4v) is 2.23. The molecule has 1 aliphatic heterocycles. The van der Waals surface area contributed by atoms with E-state index in [1.165, 1.54) is 0 Å². The molecule has 4 heteroatoms. The van der Waals surface area contributed by atoms with E-state index in [4.69, 9.17) is 4.74 Å². The molecule has 2 rings (SSSR count). The number of anilines is 1. The molecule has 1 fully saturated rings. The highest BCUT2D eigenvalue weighted by Gasteiger charge is 2.15. The monoisotopic (exact) mass is 262 g/mol. The van der Waals surface area contributed by atoms with Crippen LogP contribution in [0.25, 0.3) is 0 Å². The summed E-state index contributed by atoms with van der Waals surface area (Å²) in [6.07, 6.45) is 2.60. The first-order chi connectivity index (χ1) is 9.16. The number of carbonyl (C=O) groups excluding carboxylic acids is 1. The zero-order valence-corrected chi connectivity index (χ0v) is 11.7. The van der Waals surface area contributed by atoms with E-state index in [-0.39, 0.29) is 5.91 Å². The molecule has 0 spiro atoms. The van der Waals surface area contributed by atoms with E-state index in [1.54, 1.807) is 11.8 Å². The van der Waals surface area contributed by atoms with E-state index < -0.39 is 0 Å². The Kier molecular flexibility index (Phi) is 4.80. The Morgan fingerprint density at radius 3 is 2.95 bits per heavy atom. The van der Waals surface area contributed by atoms with Crippen molar-refractivity contribution in [1.82, 2.24) is 4.90 Å². The summed E-state index contributed by atoms with van der Waals surface area (Å²) in [5.74, 6) is 0.0777. The van der Waals surface area contributed by atoms with Gasteiger partial charge in [-0.25, -0.2) is 0 Å². The van der Waals surface area contributed by atoms with E-state index in [9.17, 15) is 4.79 Å². The van der Waals surface area contributed by atoms with Crippen LogP contribution in [0.2, 0.25) is 0 Å². The van der Waals surface area contributed by atoms with Crippen molar-refractivity contribution in [3.63, 3.8) is 0 Å². The van der Waals surface area contributed by atoms with Gasteiger partial charge >= 0.3 is 0 Å². The van der Waals surface area contributed by atoms with Gasteiger partial charge in [-0.2, -0.15) is 0 Å². The Morgan fingerprint density at radius 1 is 1.47 bits per heavy atom. The summed E-state index contributed by atoms with van der Waals surface area (Å²) in [5, 5.41) is 3.44. The number of hydrogen-bond acceptors (Lipinski definition) is 3. The van der Waals surface area contributed by atoms with Crippen molar-refractivity contribution >= 4 is 11.6 Å². The van der Waals surface area contributed by atoms with Gasteiger partial charge in [0, 0.05) is 39.4 Å². The Hall–Kier alpha value is -1.55. The molecule has 104 valence electrons. The van der Waals surface area contributed by atoms with Crippen molar-refractivity contribution < 1.29 is 9.53 Å². The second-order valence-corrected chi connectivity index (χ2v) is 5.05. The van der Waals surface area contributed by atoms with Gasteiger partial charge in [-0.1, -0.05) is 18.2 Å². The van der Waals surface area contributed by atoms with Gasteiger partial charge < -0.3 is 15.0 Å². The van der Waals surface area contributed by atoms with Crippen LogP contribution in [0.1, 0.15) is 25.3 Å². The molecule has 0 radical (unpaired) electrons. The summed E-state index contributed by atoms with van der Waals surface area (Å²) >= 11 is 0. The summed E-state index contributed by atoms with van der Waals surface area (Å²) in [5.41, 5.74) is 2.23. The van der Waals surface area contributed by atoms with Crippen LogP contribution in [0.15, 0.2) is 24.3 Å². The Morgan fingerprint density at radius 2 is 2.26 bits per heavy atom. The van der Waals surface area contributed by atoms with Crippen molar-refractivity contribution in [2.24, 2.45) is 0 Å². The van der Waals surface area contributed by atoms with E-state index in [1.807, 2.05) is 19.2 Å². The maximum atomic E-state index is 11.3. The molecule has 0 aliphatic carbocycles. The highest BCUT2D eigenvalue weighted by molar-refractivity contribution is 5.73. The fourth-order valence-electron chi connectivity index (χ4n) is 2.23. The van der Waals surface area contributed by atoms with Crippen molar-refractivity contribution in [2.45, 2.75) is 32.4 Å². The molecule has 1 heterocycles. The molecular weight excluding hydrogens is 240 g/mol. The average Bonchev–Trinajstić information content (AvgIpc) is 2.90. The summed E-state index contributed by atoms with van der Waals surface area (Å²) in [6, 6.07) is 8.12. The number of ether oxygens (including phenoxy) is 1. The number of amides is 1. The molecule has 1 amide bonds. The lowest BCUT2D eigenvalue weighted by molar-refractivity contribution is -0.128. The van der Waals surface area contributed by atoms with E-state index in [0.29, 0.717) is 12.6 Å². The van der Waals surface area contributed by atoms with Crippen LogP contribution in [-0.2, 0) is 16.1 Å². The van der Waals surface area contributed by atoms with E-state index in [2.05, 4.69) is 17.4 Å². The Labute approximate surface area is 114 Å². The van der Waals surface area contributed by atoms with Crippen molar-refractivity contribution in [3.05, 3.63) is 29.8 Å². The molecule has 1 aromatic carbocycles.